The van der Waals surface area contributed by atoms with Gasteiger partial charge in [0.15, 0.2) is 0 Å². The van der Waals surface area contributed by atoms with Crippen molar-refractivity contribution in [2.75, 3.05) is 19.7 Å². The Morgan fingerprint density at radius 2 is 1.69 bits per heavy atom. The quantitative estimate of drug-likeness (QED) is 0.358. The van der Waals surface area contributed by atoms with Gasteiger partial charge >= 0.3 is 5.97 Å². The molecule has 0 amide bonds. The third-order valence-electron chi connectivity index (χ3n) is 4.95. The second-order valence-corrected chi connectivity index (χ2v) is 9.04. The first-order chi connectivity index (χ1) is 17.2. The first-order valence-electron chi connectivity index (χ1n) is 13.2. The van der Waals surface area contributed by atoms with Crippen molar-refractivity contribution in [3.63, 3.8) is 0 Å². The lowest BCUT2D eigenvalue weighted by Crippen LogP contribution is -2.35. The standard InChI is InChI=1S/C24H27ClFNO3.3C2H6/c1-24(2,3)30-23(28)19-13-20(25)22(14-21(19)26)29-16-18-9-11-27(12-10-18)15-17-7-5-4-6-8-17;3*1-2/h5,7-8,13-14,18H,9-12,15-16H2,1-3H3;3*1-2H3. The largest absolute Gasteiger partial charge is 0.492 e. The summed E-state index contributed by atoms with van der Waals surface area (Å²) >= 11 is 6.23. The van der Waals surface area contributed by atoms with Gasteiger partial charge < -0.3 is 9.47 Å². The van der Waals surface area contributed by atoms with Gasteiger partial charge in [-0.1, -0.05) is 65.3 Å². The SMILES string of the molecule is CC.CC.CC.CC(C)(C)OC(=O)c1cc(Cl)c(OCC2CCN(Cc3cc#ccc3)CC2)cc1F. The van der Waals surface area contributed by atoms with Gasteiger partial charge in [0.1, 0.15) is 17.2 Å². The third-order valence-corrected chi connectivity index (χ3v) is 5.25. The summed E-state index contributed by atoms with van der Waals surface area (Å²) in [6.45, 7) is 20.5. The number of carbonyl (C=O) groups is 1. The van der Waals surface area contributed by atoms with Crippen LogP contribution in [0.5, 0.6) is 5.75 Å². The maximum atomic E-state index is 14.4. The molecule has 0 spiro atoms. The van der Waals surface area contributed by atoms with Crippen molar-refractivity contribution < 1.29 is 18.7 Å². The Balaban J connectivity index is 0.00000190. The van der Waals surface area contributed by atoms with E-state index in [1.807, 2.05) is 53.7 Å². The molecule has 0 atom stereocenters. The molecule has 6 heteroatoms. The number of ether oxygens (including phenoxy) is 2. The summed E-state index contributed by atoms with van der Waals surface area (Å²) in [7, 11) is 0. The molecule has 1 heterocycles. The molecule has 0 aromatic heterocycles. The van der Waals surface area contributed by atoms with Gasteiger partial charge in [-0.15, -0.1) is 0 Å². The summed E-state index contributed by atoms with van der Waals surface area (Å²) < 4.78 is 25.4. The first-order valence-corrected chi connectivity index (χ1v) is 13.5. The Morgan fingerprint density at radius 1 is 1.08 bits per heavy atom. The minimum Gasteiger partial charge on any atom is -0.492 e. The number of piperidine rings is 1. The van der Waals surface area contributed by atoms with Gasteiger partial charge in [-0.25, -0.2) is 9.18 Å². The maximum Gasteiger partial charge on any atom is 0.341 e. The normalized spacial score (nSPS) is 13.4. The van der Waals surface area contributed by atoms with Crippen molar-refractivity contribution in [2.45, 2.75) is 87.3 Å². The van der Waals surface area contributed by atoms with E-state index in [0.29, 0.717) is 12.5 Å². The smallest absolute Gasteiger partial charge is 0.341 e. The van der Waals surface area contributed by atoms with E-state index < -0.39 is 17.4 Å². The van der Waals surface area contributed by atoms with Crippen LogP contribution in [-0.2, 0) is 11.3 Å². The summed E-state index contributed by atoms with van der Waals surface area (Å²) in [5.41, 5.74) is 0.333. The molecular weight excluding hydrogens is 477 g/mol. The van der Waals surface area contributed by atoms with Crippen LogP contribution in [0.25, 0.3) is 0 Å². The van der Waals surface area contributed by atoms with E-state index in [1.54, 1.807) is 20.8 Å². The molecule has 0 N–H and O–H groups in total. The predicted molar refractivity (Wildman–Crippen MR) is 148 cm³/mol. The fourth-order valence-electron chi connectivity index (χ4n) is 3.38. The van der Waals surface area contributed by atoms with Gasteiger partial charge in [-0.05, 0) is 82.4 Å². The van der Waals surface area contributed by atoms with Crippen molar-refractivity contribution in [1.29, 1.82) is 0 Å². The summed E-state index contributed by atoms with van der Waals surface area (Å²) in [6.07, 6.45) is 2.00. The van der Waals surface area contributed by atoms with E-state index in [1.165, 1.54) is 17.7 Å². The molecule has 1 aliphatic heterocycles. The third kappa shape index (κ3) is 12.1. The first kappa shape index (κ1) is 33.7. The number of nitrogens with zero attached hydrogens (tertiary/aromatic N) is 1. The molecular formula is C30H45ClFNO3. The zero-order valence-electron chi connectivity index (χ0n) is 23.6. The fraction of sp³-hybridized carbons (Fsp3) is 0.567. The van der Waals surface area contributed by atoms with Crippen LogP contribution in [0, 0.1) is 23.9 Å². The highest BCUT2D eigenvalue weighted by atomic mass is 35.5. The molecule has 3 rings (SSSR count). The topological polar surface area (TPSA) is 38.8 Å². The van der Waals surface area contributed by atoms with Crippen molar-refractivity contribution in [3.05, 3.63) is 64.4 Å². The fourth-order valence-corrected chi connectivity index (χ4v) is 3.60. The van der Waals surface area contributed by atoms with E-state index in [4.69, 9.17) is 21.1 Å². The van der Waals surface area contributed by atoms with Crippen molar-refractivity contribution >= 4 is 17.6 Å². The minimum atomic E-state index is -0.741. The summed E-state index contributed by atoms with van der Waals surface area (Å²) in [6, 6.07) is 14.2. The minimum absolute atomic E-state index is 0.189. The van der Waals surface area contributed by atoms with E-state index in [2.05, 4.69) is 23.1 Å². The average Bonchev–Trinajstić information content (AvgIpc) is 2.88. The molecule has 0 radical (unpaired) electrons. The zero-order valence-corrected chi connectivity index (χ0v) is 24.4. The van der Waals surface area contributed by atoms with E-state index >= 15 is 0 Å². The van der Waals surface area contributed by atoms with Gasteiger partial charge in [-0.3, -0.25) is 4.90 Å². The molecule has 1 aliphatic rings. The number of hydrogen-bond donors (Lipinski definition) is 0. The highest BCUT2D eigenvalue weighted by molar-refractivity contribution is 6.32. The van der Waals surface area contributed by atoms with Crippen LogP contribution in [0.3, 0.4) is 0 Å². The zero-order chi connectivity index (χ0) is 27.7. The van der Waals surface area contributed by atoms with Crippen LogP contribution >= 0.6 is 11.6 Å². The number of benzene rings is 1. The molecule has 2 aromatic carbocycles. The van der Waals surface area contributed by atoms with E-state index in [0.717, 1.165) is 32.5 Å². The lowest BCUT2D eigenvalue weighted by molar-refractivity contribution is 0.00646. The van der Waals surface area contributed by atoms with Crippen LogP contribution in [0.4, 0.5) is 4.39 Å². The van der Waals surface area contributed by atoms with Gasteiger partial charge in [-0.2, -0.15) is 0 Å². The number of halogens is 2. The molecule has 0 aliphatic carbocycles. The Hall–Kier alpha value is -2.29. The second-order valence-electron chi connectivity index (χ2n) is 8.64. The average molecular weight is 522 g/mol. The number of rotatable bonds is 6. The van der Waals surface area contributed by atoms with Crippen LogP contribution < -0.4 is 4.74 Å². The van der Waals surface area contributed by atoms with E-state index in [9.17, 15) is 9.18 Å². The highest BCUT2D eigenvalue weighted by Crippen LogP contribution is 2.30. The molecule has 1 fully saturated rings. The van der Waals surface area contributed by atoms with Crippen LogP contribution in [0.2, 0.25) is 5.02 Å². The summed E-state index contributed by atoms with van der Waals surface area (Å²) in [5, 5.41) is 0.201. The molecule has 0 unspecified atom stereocenters. The Bertz CT molecular complexity index is 860. The Morgan fingerprint density at radius 3 is 2.22 bits per heavy atom. The van der Waals surface area contributed by atoms with Gasteiger partial charge in [0.05, 0.1) is 17.2 Å². The van der Waals surface area contributed by atoms with Gasteiger partial charge in [0.2, 0.25) is 0 Å². The Kier molecular flexibility index (Phi) is 16.9. The lowest BCUT2D eigenvalue weighted by Gasteiger charge is -2.31. The number of hydrogen-bond acceptors (Lipinski definition) is 4. The van der Waals surface area contributed by atoms with Crippen LogP contribution in [0.15, 0.2) is 30.3 Å². The van der Waals surface area contributed by atoms with Gasteiger partial charge in [0.25, 0.3) is 0 Å². The highest BCUT2D eigenvalue weighted by Gasteiger charge is 2.24. The molecule has 0 saturated carbocycles. The number of esters is 1. The second kappa shape index (κ2) is 18.0. The molecule has 36 heavy (non-hydrogen) atoms. The van der Waals surface area contributed by atoms with Crippen LogP contribution in [-0.4, -0.2) is 36.2 Å². The van der Waals surface area contributed by atoms with Crippen molar-refractivity contribution in [1.82, 2.24) is 4.90 Å². The molecule has 0 bridgehead atoms. The predicted octanol–water partition coefficient (Wildman–Crippen LogP) is 8.40. The summed E-state index contributed by atoms with van der Waals surface area (Å²) in [5.74, 6) is -0.813. The molecule has 4 nitrogen and oxygen atoms in total. The van der Waals surface area contributed by atoms with Crippen LogP contribution in [0.1, 0.15) is 91.1 Å². The van der Waals surface area contributed by atoms with Crippen molar-refractivity contribution in [3.8, 4) is 5.75 Å². The van der Waals surface area contributed by atoms with E-state index in [-0.39, 0.29) is 16.3 Å². The number of carbonyl (C=O) groups excluding carboxylic acids is 1. The van der Waals surface area contributed by atoms with Gasteiger partial charge in [0, 0.05) is 12.6 Å². The Labute approximate surface area is 224 Å². The molecule has 2 aromatic rings. The number of likely N-dealkylation sites (tertiary alicyclic amines) is 1. The van der Waals surface area contributed by atoms with Crippen molar-refractivity contribution in [2.24, 2.45) is 5.92 Å². The lowest BCUT2D eigenvalue weighted by atomic mass is 9.97. The maximum absolute atomic E-state index is 14.4. The summed E-state index contributed by atoms with van der Waals surface area (Å²) in [4.78, 5) is 14.5. The molecule has 202 valence electrons. The monoisotopic (exact) mass is 521 g/mol. The molecule has 1 saturated heterocycles.